The lowest BCUT2D eigenvalue weighted by Crippen LogP contribution is -2.27. The first-order chi connectivity index (χ1) is 10.1. The number of benzene rings is 1. The molecule has 0 saturated heterocycles. The summed E-state index contributed by atoms with van der Waals surface area (Å²) in [6, 6.07) is 9.46. The fraction of sp³-hybridized carbons (Fsp3) is 0.231. The van der Waals surface area contributed by atoms with E-state index in [1.165, 1.54) is 11.3 Å². The highest BCUT2D eigenvalue weighted by molar-refractivity contribution is 8.14. The third-order valence-electron chi connectivity index (χ3n) is 2.45. The minimum Gasteiger partial charge on any atom is -0.492 e. The molecule has 1 aromatic carbocycles. The molecule has 0 aliphatic carbocycles. The van der Waals surface area contributed by atoms with E-state index in [-0.39, 0.29) is 10.4 Å². The quantitative estimate of drug-likeness (QED) is 0.724. The molecule has 112 valence electrons. The number of para-hydroxylation sites is 1. The van der Waals surface area contributed by atoms with Gasteiger partial charge in [-0.25, -0.2) is 4.98 Å². The van der Waals surface area contributed by atoms with Gasteiger partial charge in [0.15, 0.2) is 9.49 Å². The van der Waals surface area contributed by atoms with E-state index in [2.05, 4.69) is 4.98 Å². The van der Waals surface area contributed by atoms with Gasteiger partial charge in [0.2, 0.25) is 0 Å². The van der Waals surface area contributed by atoms with Crippen molar-refractivity contribution in [1.29, 1.82) is 0 Å². The van der Waals surface area contributed by atoms with Crippen molar-refractivity contribution in [3.63, 3.8) is 0 Å². The number of nitrogens with zero attached hydrogens (tertiary/aromatic N) is 2. The fourth-order valence-electron chi connectivity index (χ4n) is 1.37. The summed E-state index contributed by atoms with van der Waals surface area (Å²) in [6.07, 6.45) is 0. The molecule has 8 heteroatoms. The predicted octanol–water partition coefficient (Wildman–Crippen LogP) is 4.67. The van der Waals surface area contributed by atoms with Gasteiger partial charge >= 0.3 is 0 Å². The molecule has 2 aromatic rings. The lowest BCUT2D eigenvalue weighted by molar-refractivity contribution is 0.217. The van der Waals surface area contributed by atoms with Crippen LogP contribution in [0.2, 0.25) is 9.49 Å². The van der Waals surface area contributed by atoms with E-state index in [0.717, 1.165) is 17.5 Å². The highest BCUT2D eigenvalue weighted by Crippen LogP contribution is 2.34. The summed E-state index contributed by atoms with van der Waals surface area (Å²) in [5.74, 6) is 0.782. The first kappa shape index (κ1) is 16.4. The summed E-state index contributed by atoms with van der Waals surface area (Å²) in [5.41, 5.74) is 0. The van der Waals surface area contributed by atoms with Gasteiger partial charge in [0, 0.05) is 18.8 Å². The molecule has 0 bridgehead atoms. The van der Waals surface area contributed by atoms with Crippen LogP contribution in [-0.4, -0.2) is 35.3 Å². The lowest BCUT2D eigenvalue weighted by Gasteiger charge is -2.16. The highest BCUT2D eigenvalue weighted by atomic mass is 35.5. The van der Waals surface area contributed by atoms with Gasteiger partial charge in [0.25, 0.3) is 5.24 Å². The van der Waals surface area contributed by atoms with Crippen LogP contribution in [0.25, 0.3) is 0 Å². The Bertz CT molecular complexity index is 588. The van der Waals surface area contributed by atoms with Gasteiger partial charge in [-0.05, 0) is 12.1 Å². The average molecular weight is 363 g/mol. The van der Waals surface area contributed by atoms with Gasteiger partial charge < -0.3 is 9.64 Å². The van der Waals surface area contributed by atoms with E-state index >= 15 is 0 Å². The predicted molar refractivity (Wildman–Crippen MR) is 88.0 cm³/mol. The zero-order valence-corrected chi connectivity index (χ0v) is 14.2. The topological polar surface area (TPSA) is 42.4 Å². The SMILES string of the molecule is CN(CCOc1ccccc1)C(=O)Sc1nc(Cl)c(Cl)s1. The van der Waals surface area contributed by atoms with Gasteiger partial charge in [0.05, 0.1) is 6.54 Å². The number of thiazole rings is 1. The second kappa shape index (κ2) is 7.89. The van der Waals surface area contributed by atoms with Crippen LogP contribution in [0.4, 0.5) is 4.79 Å². The van der Waals surface area contributed by atoms with Crippen molar-refractivity contribution in [3.05, 3.63) is 39.8 Å². The van der Waals surface area contributed by atoms with Crippen LogP contribution in [0, 0.1) is 0 Å². The van der Waals surface area contributed by atoms with Crippen LogP contribution < -0.4 is 4.74 Å². The van der Waals surface area contributed by atoms with E-state index in [4.69, 9.17) is 27.9 Å². The van der Waals surface area contributed by atoms with Crippen LogP contribution in [-0.2, 0) is 0 Å². The Hall–Kier alpha value is -0.950. The maximum Gasteiger partial charge on any atom is 0.288 e. The number of ether oxygens (including phenoxy) is 1. The maximum atomic E-state index is 12.0. The summed E-state index contributed by atoms with van der Waals surface area (Å²) in [4.78, 5) is 17.6. The Kier molecular flexibility index (Phi) is 6.17. The molecule has 0 saturated carbocycles. The number of halogens is 2. The number of likely N-dealkylation sites (N-methyl/N-ethyl adjacent to an activating group) is 1. The number of thioether (sulfide) groups is 1. The number of hydrogen-bond donors (Lipinski definition) is 0. The molecule has 0 atom stereocenters. The van der Waals surface area contributed by atoms with E-state index in [1.807, 2.05) is 30.3 Å². The molecule has 0 radical (unpaired) electrons. The fourth-order valence-corrected chi connectivity index (χ4v) is 3.65. The Labute approximate surface area is 141 Å². The van der Waals surface area contributed by atoms with Crippen LogP contribution in [0.1, 0.15) is 0 Å². The summed E-state index contributed by atoms with van der Waals surface area (Å²) >= 11 is 13.8. The zero-order valence-electron chi connectivity index (χ0n) is 11.1. The van der Waals surface area contributed by atoms with Crippen LogP contribution in [0.3, 0.4) is 0 Å². The minimum absolute atomic E-state index is 0.131. The van der Waals surface area contributed by atoms with Crippen LogP contribution >= 0.6 is 46.3 Å². The molecule has 1 amide bonds. The molecule has 0 unspecified atom stereocenters. The molecule has 4 nitrogen and oxygen atoms in total. The lowest BCUT2D eigenvalue weighted by atomic mass is 10.3. The van der Waals surface area contributed by atoms with E-state index in [9.17, 15) is 4.79 Å². The van der Waals surface area contributed by atoms with Crippen molar-refractivity contribution in [2.45, 2.75) is 4.34 Å². The molecule has 0 aliphatic heterocycles. The number of rotatable bonds is 5. The van der Waals surface area contributed by atoms with E-state index in [1.54, 1.807) is 11.9 Å². The first-order valence-corrected chi connectivity index (χ1v) is 8.38. The number of carbonyl (C=O) groups is 1. The van der Waals surface area contributed by atoms with Gasteiger partial charge in [0.1, 0.15) is 16.7 Å². The Balaban J connectivity index is 1.77. The molecular formula is C13H12Cl2N2O2S2. The maximum absolute atomic E-state index is 12.0. The molecule has 0 spiro atoms. The summed E-state index contributed by atoms with van der Waals surface area (Å²) in [5, 5.41) is 0.0979. The minimum atomic E-state index is -0.131. The number of amides is 1. The Morgan fingerprint density at radius 2 is 2.10 bits per heavy atom. The van der Waals surface area contributed by atoms with Gasteiger partial charge in [-0.2, -0.15) is 0 Å². The van der Waals surface area contributed by atoms with Crippen LogP contribution in [0.15, 0.2) is 34.7 Å². The average Bonchev–Trinajstić information content (AvgIpc) is 2.78. The highest BCUT2D eigenvalue weighted by Gasteiger charge is 2.15. The summed E-state index contributed by atoms with van der Waals surface area (Å²) < 4.78 is 6.47. The van der Waals surface area contributed by atoms with Gasteiger partial charge in [-0.3, -0.25) is 4.79 Å². The van der Waals surface area contributed by atoms with Gasteiger partial charge in [-0.15, -0.1) is 0 Å². The zero-order chi connectivity index (χ0) is 15.2. The van der Waals surface area contributed by atoms with Gasteiger partial charge in [-0.1, -0.05) is 52.7 Å². The smallest absolute Gasteiger partial charge is 0.288 e. The monoisotopic (exact) mass is 362 g/mol. The second-order valence-corrected chi connectivity index (χ2v) is 7.15. The van der Waals surface area contributed by atoms with Crippen molar-refractivity contribution >= 4 is 51.5 Å². The third-order valence-corrected chi connectivity index (χ3v) is 5.24. The van der Waals surface area contributed by atoms with Crippen molar-refractivity contribution in [2.75, 3.05) is 20.2 Å². The standard InChI is InChI=1S/C13H12Cl2N2O2S2/c1-17(7-8-19-9-5-3-2-4-6-9)13(18)21-12-16-10(14)11(15)20-12/h2-6H,7-8H2,1H3. The number of aromatic nitrogens is 1. The second-order valence-electron chi connectivity index (χ2n) is 4.00. The molecule has 0 fully saturated rings. The molecular weight excluding hydrogens is 351 g/mol. The number of hydrogen-bond acceptors (Lipinski definition) is 5. The van der Waals surface area contributed by atoms with Crippen molar-refractivity contribution in [1.82, 2.24) is 9.88 Å². The largest absolute Gasteiger partial charge is 0.492 e. The third kappa shape index (κ3) is 5.07. The van der Waals surface area contributed by atoms with E-state index in [0.29, 0.717) is 21.8 Å². The Morgan fingerprint density at radius 3 is 2.71 bits per heavy atom. The van der Waals surface area contributed by atoms with Crippen molar-refractivity contribution in [2.24, 2.45) is 0 Å². The molecule has 1 heterocycles. The molecule has 21 heavy (non-hydrogen) atoms. The molecule has 0 aliphatic rings. The van der Waals surface area contributed by atoms with E-state index < -0.39 is 0 Å². The summed E-state index contributed by atoms with van der Waals surface area (Å²) in [7, 11) is 1.71. The molecule has 0 N–H and O–H groups in total. The van der Waals surface area contributed by atoms with Crippen LogP contribution in [0.5, 0.6) is 5.75 Å². The molecule has 1 aromatic heterocycles. The van der Waals surface area contributed by atoms with Crippen molar-refractivity contribution in [3.8, 4) is 5.75 Å². The first-order valence-electron chi connectivity index (χ1n) is 5.99. The van der Waals surface area contributed by atoms with Crippen molar-refractivity contribution < 1.29 is 9.53 Å². The molecule has 2 rings (SSSR count). The summed E-state index contributed by atoms with van der Waals surface area (Å²) in [6.45, 7) is 0.903. The number of carbonyl (C=O) groups excluding carboxylic acids is 1. The normalized spacial score (nSPS) is 10.4. The Morgan fingerprint density at radius 1 is 1.38 bits per heavy atom.